The highest BCUT2D eigenvalue weighted by Crippen LogP contribution is 2.39. The number of ether oxygens (including phenoxy) is 2. The Kier molecular flexibility index (Phi) is 9.09. The van der Waals surface area contributed by atoms with Crippen molar-refractivity contribution in [2.75, 3.05) is 40.0 Å². The quantitative estimate of drug-likeness (QED) is 0.319. The van der Waals surface area contributed by atoms with E-state index >= 15 is 0 Å². The number of aliphatic hydroxyl groups excluding tert-OH is 2. The van der Waals surface area contributed by atoms with Gasteiger partial charge in [0.2, 0.25) is 5.82 Å². The number of nitrogens with two attached hydrogens (primary N) is 1. The molecular weight excluding hydrogens is 499 g/mol. The van der Waals surface area contributed by atoms with Crippen molar-refractivity contribution >= 4 is 10.9 Å². The zero-order valence-electron chi connectivity index (χ0n) is 21.4. The van der Waals surface area contributed by atoms with E-state index in [1.165, 1.54) is 0 Å². The third kappa shape index (κ3) is 6.20. The lowest BCUT2D eigenvalue weighted by atomic mass is 9.74. The number of aromatic nitrogens is 1. The smallest absolute Gasteiger partial charge is 0.200 e. The Labute approximate surface area is 220 Å². The van der Waals surface area contributed by atoms with E-state index in [-0.39, 0.29) is 25.2 Å². The van der Waals surface area contributed by atoms with E-state index in [0.717, 1.165) is 28.1 Å². The van der Waals surface area contributed by atoms with Crippen molar-refractivity contribution in [1.29, 1.82) is 0 Å². The van der Waals surface area contributed by atoms with E-state index in [0.29, 0.717) is 57.1 Å². The Morgan fingerprint density at radius 1 is 1.16 bits per heavy atom. The summed E-state index contributed by atoms with van der Waals surface area (Å²) in [4.78, 5) is 6.56. The average molecular weight is 534 g/mol. The molecule has 1 aromatic heterocycles. The molecule has 1 atom stereocenters. The van der Waals surface area contributed by atoms with Crippen LogP contribution >= 0.6 is 0 Å². The van der Waals surface area contributed by atoms with Crippen molar-refractivity contribution in [2.24, 2.45) is 11.1 Å². The summed E-state index contributed by atoms with van der Waals surface area (Å²) in [6.45, 7) is 2.10. The van der Waals surface area contributed by atoms with Gasteiger partial charge >= 0.3 is 0 Å². The van der Waals surface area contributed by atoms with Gasteiger partial charge in [0.25, 0.3) is 0 Å². The van der Waals surface area contributed by atoms with Gasteiger partial charge in [-0.1, -0.05) is 0 Å². The number of nitrogens with zero attached hydrogens (tertiary/aromatic N) is 2. The number of halogens is 3. The zero-order chi connectivity index (χ0) is 27.3. The molecule has 1 aliphatic heterocycles. The van der Waals surface area contributed by atoms with Crippen LogP contribution in [-0.2, 0) is 6.54 Å². The van der Waals surface area contributed by atoms with Gasteiger partial charge in [0.15, 0.2) is 11.6 Å². The molecule has 4 rings (SSSR count). The van der Waals surface area contributed by atoms with Gasteiger partial charge in [-0.15, -0.1) is 0 Å². The first-order valence-corrected chi connectivity index (χ1v) is 12.7. The first-order valence-electron chi connectivity index (χ1n) is 12.7. The van der Waals surface area contributed by atoms with Crippen molar-refractivity contribution in [2.45, 2.75) is 38.3 Å². The summed E-state index contributed by atoms with van der Waals surface area (Å²) in [7, 11) is 1.58. The maximum Gasteiger partial charge on any atom is 0.200 e. The molecule has 3 aromatic rings. The van der Waals surface area contributed by atoms with Gasteiger partial charge < -0.3 is 25.4 Å². The lowest BCUT2D eigenvalue weighted by Gasteiger charge is -2.41. The number of piperidine rings is 1. The van der Waals surface area contributed by atoms with Crippen LogP contribution in [0.5, 0.6) is 11.5 Å². The first kappa shape index (κ1) is 28.1. The second kappa shape index (κ2) is 12.3. The predicted molar refractivity (Wildman–Crippen MR) is 137 cm³/mol. The molecule has 38 heavy (non-hydrogen) atoms. The number of aliphatic hydroxyl groups is 2. The van der Waals surface area contributed by atoms with Crippen LogP contribution in [0, 0.1) is 22.9 Å². The number of methoxy groups -OCH3 is 1. The lowest BCUT2D eigenvalue weighted by Crippen LogP contribution is -2.43. The van der Waals surface area contributed by atoms with E-state index in [4.69, 9.17) is 15.2 Å². The van der Waals surface area contributed by atoms with Crippen molar-refractivity contribution in [3.8, 4) is 11.5 Å². The highest BCUT2D eigenvalue weighted by atomic mass is 19.2. The molecule has 1 saturated heterocycles. The van der Waals surface area contributed by atoms with Crippen LogP contribution in [0.3, 0.4) is 0 Å². The first-order chi connectivity index (χ1) is 18.3. The molecule has 10 heteroatoms. The van der Waals surface area contributed by atoms with Crippen LogP contribution in [0.25, 0.3) is 10.9 Å². The summed E-state index contributed by atoms with van der Waals surface area (Å²) in [6.07, 6.45) is 3.36. The summed E-state index contributed by atoms with van der Waals surface area (Å²) >= 11 is 0. The second-order valence-electron chi connectivity index (χ2n) is 9.89. The van der Waals surface area contributed by atoms with Crippen molar-refractivity contribution in [3.63, 3.8) is 0 Å². The van der Waals surface area contributed by atoms with E-state index in [9.17, 15) is 23.4 Å². The maximum atomic E-state index is 13.8. The van der Waals surface area contributed by atoms with Crippen LogP contribution in [0.2, 0.25) is 0 Å². The molecule has 4 N–H and O–H groups in total. The predicted octanol–water partition coefficient (Wildman–Crippen LogP) is 4.09. The summed E-state index contributed by atoms with van der Waals surface area (Å²) < 4.78 is 51.2. The van der Waals surface area contributed by atoms with Crippen molar-refractivity contribution in [1.82, 2.24) is 9.88 Å². The fraction of sp³-hybridized carbons (Fsp3) is 0.464. The molecule has 0 spiro atoms. The fourth-order valence-corrected chi connectivity index (χ4v) is 5.16. The Bertz CT molecular complexity index is 1250. The van der Waals surface area contributed by atoms with Gasteiger partial charge in [-0.2, -0.15) is 4.39 Å². The number of benzene rings is 2. The van der Waals surface area contributed by atoms with Crippen LogP contribution in [0.15, 0.2) is 36.5 Å². The third-order valence-corrected chi connectivity index (χ3v) is 7.58. The molecule has 7 nitrogen and oxygen atoms in total. The van der Waals surface area contributed by atoms with Crippen molar-refractivity contribution in [3.05, 3.63) is 65.1 Å². The summed E-state index contributed by atoms with van der Waals surface area (Å²) in [5.41, 5.74) is 7.85. The van der Waals surface area contributed by atoms with Gasteiger partial charge in [-0.05, 0) is 73.5 Å². The number of likely N-dealkylation sites (tertiary alicyclic amines) is 1. The standard InChI is InChI=1S/C28H34F3N3O4/c1-37-20-2-3-23-21(14-20)26(18(15-32)16-33-23)24(36)4-5-28(17-35)6-8-34(9-7-28)10-11-38-25-13-19(29)12-22(30)27(25)31/h2-3,12-14,16,24,35-36H,4-11,15,17,32H2,1H3/t24-/m1/s1. The molecule has 2 aromatic carbocycles. The number of rotatable bonds is 11. The minimum Gasteiger partial charge on any atom is -0.497 e. The van der Waals surface area contributed by atoms with Gasteiger partial charge in [-0.25, -0.2) is 8.78 Å². The Balaban J connectivity index is 1.35. The maximum absolute atomic E-state index is 13.8. The Morgan fingerprint density at radius 2 is 1.92 bits per heavy atom. The molecule has 0 radical (unpaired) electrons. The average Bonchev–Trinajstić information content (AvgIpc) is 2.94. The Hall–Kier alpha value is -2.92. The third-order valence-electron chi connectivity index (χ3n) is 7.58. The van der Waals surface area contributed by atoms with Gasteiger partial charge in [0, 0.05) is 43.4 Å². The molecule has 0 amide bonds. The number of fused-ring (bicyclic) bond motifs is 1. The van der Waals surface area contributed by atoms with Gasteiger partial charge in [0.05, 0.1) is 18.7 Å². The topological polar surface area (TPSA) is 101 Å². The largest absolute Gasteiger partial charge is 0.497 e. The van der Waals surface area contributed by atoms with E-state index in [2.05, 4.69) is 9.88 Å². The minimum absolute atomic E-state index is 0.00744. The summed E-state index contributed by atoms with van der Waals surface area (Å²) in [6, 6.07) is 6.82. The minimum atomic E-state index is -1.29. The molecule has 0 aliphatic carbocycles. The number of hydrogen-bond donors (Lipinski definition) is 3. The molecule has 0 bridgehead atoms. The van der Waals surface area contributed by atoms with Gasteiger partial charge in [0.1, 0.15) is 18.2 Å². The van der Waals surface area contributed by atoms with Crippen molar-refractivity contribution < 1.29 is 32.9 Å². The molecule has 0 saturated carbocycles. The zero-order valence-corrected chi connectivity index (χ0v) is 21.4. The van der Waals surface area contributed by atoms with Crippen LogP contribution in [0.1, 0.15) is 42.9 Å². The number of hydrogen-bond acceptors (Lipinski definition) is 7. The molecule has 2 heterocycles. The van der Waals surface area contributed by atoms with Crippen LogP contribution in [0.4, 0.5) is 13.2 Å². The summed E-state index contributed by atoms with van der Waals surface area (Å²) in [5, 5.41) is 22.3. The van der Waals surface area contributed by atoms with Crippen LogP contribution in [-0.4, -0.2) is 60.1 Å². The monoisotopic (exact) mass is 533 g/mol. The second-order valence-corrected chi connectivity index (χ2v) is 9.89. The van der Waals surface area contributed by atoms with E-state index in [1.54, 1.807) is 13.3 Å². The molecular formula is C28H34F3N3O4. The Morgan fingerprint density at radius 3 is 2.61 bits per heavy atom. The molecule has 206 valence electrons. The highest BCUT2D eigenvalue weighted by Gasteiger charge is 2.34. The fourth-order valence-electron chi connectivity index (χ4n) is 5.16. The summed E-state index contributed by atoms with van der Waals surface area (Å²) in [5.74, 6) is -3.18. The van der Waals surface area contributed by atoms with Crippen LogP contribution < -0.4 is 15.2 Å². The SMILES string of the molecule is COc1ccc2ncc(CN)c([C@H](O)CCC3(CO)CCN(CCOc4cc(F)cc(F)c4F)CC3)c2c1. The number of pyridine rings is 1. The van der Waals surface area contributed by atoms with E-state index in [1.807, 2.05) is 18.2 Å². The normalized spacial score (nSPS) is 16.5. The molecule has 1 fully saturated rings. The molecule has 0 unspecified atom stereocenters. The molecule has 1 aliphatic rings. The lowest BCUT2D eigenvalue weighted by molar-refractivity contribution is 0.0203. The highest BCUT2D eigenvalue weighted by molar-refractivity contribution is 5.85. The van der Waals surface area contributed by atoms with Gasteiger partial charge in [-0.3, -0.25) is 9.88 Å². The van der Waals surface area contributed by atoms with E-state index < -0.39 is 29.3 Å².